The molecule has 1 fully saturated rings. The summed E-state index contributed by atoms with van der Waals surface area (Å²) in [5, 5.41) is 3.72. The molecule has 1 saturated carbocycles. The Labute approximate surface area is 119 Å². The molecule has 2 rings (SSSR count). The summed E-state index contributed by atoms with van der Waals surface area (Å²) < 4.78 is 1.17. The lowest BCUT2D eigenvalue weighted by Gasteiger charge is -2.32. The molecule has 0 spiro atoms. The maximum absolute atomic E-state index is 3.72. The Morgan fingerprint density at radius 1 is 1.22 bits per heavy atom. The second kappa shape index (κ2) is 6.10. The summed E-state index contributed by atoms with van der Waals surface area (Å²) in [6.07, 6.45) is 5.42. The third-order valence-corrected chi connectivity index (χ3v) is 4.53. The van der Waals surface area contributed by atoms with Crippen LogP contribution < -0.4 is 5.32 Å². The number of benzene rings is 1. The number of nitrogens with one attached hydrogen (secondary N) is 1. The van der Waals surface area contributed by atoms with Crippen LogP contribution in [-0.4, -0.2) is 6.04 Å². The van der Waals surface area contributed by atoms with Crippen molar-refractivity contribution in [1.29, 1.82) is 0 Å². The van der Waals surface area contributed by atoms with Crippen LogP contribution in [0, 0.1) is 18.8 Å². The van der Waals surface area contributed by atoms with Crippen LogP contribution in [0.1, 0.15) is 45.1 Å². The number of rotatable bonds is 3. The molecule has 0 aromatic heterocycles. The molecule has 1 aromatic carbocycles. The highest BCUT2D eigenvalue weighted by atomic mass is 79.9. The lowest BCUT2D eigenvalue weighted by atomic mass is 9.79. The summed E-state index contributed by atoms with van der Waals surface area (Å²) in [6.45, 7) is 6.86. The van der Waals surface area contributed by atoms with Gasteiger partial charge in [-0.05, 0) is 55.4 Å². The number of hydrogen-bond donors (Lipinski definition) is 1. The van der Waals surface area contributed by atoms with Gasteiger partial charge in [0.25, 0.3) is 0 Å². The Morgan fingerprint density at radius 2 is 2.00 bits per heavy atom. The van der Waals surface area contributed by atoms with Crippen LogP contribution in [0.3, 0.4) is 0 Å². The SMILES string of the molecule is Cc1cc(Br)cc(NC2CCCC(C(C)C)C2)c1. The molecule has 0 bridgehead atoms. The maximum atomic E-state index is 3.72. The summed E-state index contributed by atoms with van der Waals surface area (Å²) in [6, 6.07) is 7.23. The fourth-order valence-corrected chi connectivity index (χ4v) is 3.63. The van der Waals surface area contributed by atoms with Gasteiger partial charge in [0.15, 0.2) is 0 Å². The average Bonchev–Trinajstić information content (AvgIpc) is 2.27. The van der Waals surface area contributed by atoms with E-state index in [9.17, 15) is 0 Å². The first-order chi connectivity index (χ1) is 8.54. The zero-order chi connectivity index (χ0) is 13.1. The molecule has 1 nitrogen and oxygen atoms in total. The van der Waals surface area contributed by atoms with Crippen molar-refractivity contribution in [2.24, 2.45) is 11.8 Å². The van der Waals surface area contributed by atoms with E-state index in [0.717, 1.165) is 11.8 Å². The average molecular weight is 310 g/mol. The molecule has 2 heteroatoms. The van der Waals surface area contributed by atoms with Crippen LogP contribution in [0.4, 0.5) is 5.69 Å². The van der Waals surface area contributed by atoms with Crippen molar-refractivity contribution < 1.29 is 0 Å². The van der Waals surface area contributed by atoms with E-state index < -0.39 is 0 Å². The van der Waals surface area contributed by atoms with Gasteiger partial charge in [-0.1, -0.05) is 42.6 Å². The van der Waals surface area contributed by atoms with E-state index >= 15 is 0 Å². The van der Waals surface area contributed by atoms with Gasteiger partial charge in [-0.2, -0.15) is 0 Å². The Bertz CT molecular complexity index is 380. The second-order valence-electron chi connectivity index (χ2n) is 6.03. The van der Waals surface area contributed by atoms with E-state index in [0.29, 0.717) is 6.04 Å². The Kier molecular flexibility index (Phi) is 4.71. The topological polar surface area (TPSA) is 12.0 Å². The summed E-state index contributed by atoms with van der Waals surface area (Å²) in [7, 11) is 0. The molecule has 1 aliphatic carbocycles. The minimum absolute atomic E-state index is 0.653. The maximum Gasteiger partial charge on any atom is 0.0356 e. The Balaban J connectivity index is 2.00. The molecule has 1 aliphatic rings. The lowest BCUT2D eigenvalue weighted by molar-refractivity contribution is 0.264. The van der Waals surface area contributed by atoms with Crippen LogP contribution in [0.15, 0.2) is 22.7 Å². The molecule has 0 saturated heterocycles. The first-order valence-corrected chi connectivity index (χ1v) is 7.87. The highest BCUT2D eigenvalue weighted by Gasteiger charge is 2.23. The number of hydrogen-bond acceptors (Lipinski definition) is 1. The fraction of sp³-hybridized carbons (Fsp3) is 0.625. The quantitative estimate of drug-likeness (QED) is 0.790. The molecular weight excluding hydrogens is 286 g/mol. The molecule has 0 radical (unpaired) electrons. The normalized spacial score (nSPS) is 24.3. The van der Waals surface area contributed by atoms with Gasteiger partial charge in [-0.3, -0.25) is 0 Å². The van der Waals surface area contributed by atoms with Gasteiger partial charge in [0.2, 0.25) is 0 Å². The van der Waals surface area contributed by atoms with Crippen LogP contribution in [0.5, 0.6) is 0 Å². The first kappa shape index (κ1) is 13.9. The predicted octanol–water partition coefficient (Wildman–Crippen LogP) is 5.38. The first-order valence-electron chi connectivity index (χ1n) is 7.08. The molecule has 18 heavy (non-hydrogen) atoms. The standard InChI is InChI=1S/C16H24BrN/c1-11(2)13-5-4-6-15(9-13)18-16-8-12(3)7-14(17)10-16/h7-8,10-11,13,15,18H,4-6,9H2,1-3H3. The van der Waals surface area contributed by atoms with Gasteiger partial charge in [0.1, 0.15) is 0 Å². The van der Waals surface area contributed by atoms with E-state index in [1.54, 1.807) is 0 Å². The molecule has 2 unspecified atom stereocenters. The van der Waals surface area contributed by atoms with Crippen LogP contribution in [0.2, 0.25) is 0 Å². The van der Waals surface area contributed by atoms with Gasteiger partial charge >= 0.3 is 0 Å². The molecule has 0 aliphatic heterocycles. The van der Waals surface area contributed by atoms with Crippen molar-refractivity contribution in [2.45, 2.75) is 52.5 Å². The van der Waals surface area contributed by atoms with E-state index in [4.69, 9.17) is 0 Å². The molecule has 100 valence electrons. The van der Waals surface area contributed by atoms with Crippen molar-refractivity contribution >= 4 is 21.6 Å². The molecule has 0 amide bonds. The smallest absolute Gasteiger partial charge is 0.0356 e. The molecule has 2 atom stereocenters. The van der Waals surface area contributed by atoms with Crippen molar-refractivity contribution in [1.82, 2.24) is 0 Å². The molecule has 0 heterocycles. The zero-order valence-corrected chi connectivity index (χ0v) is 13.3. The van der Waals surface area contributed by atoms with Crippen molar-refractivity contribution in [3.63, 3.8) is 0 Å². The van der Waals surface area contributed by atoms with Gasteiger partial charge in [-0.15, -0.1) is 0 Å². The molecule has 1 aromatic rings. The zero-order valence-electron chi connectivity index (χ0n) is 11.7. The van der Waals surface area contributed by atoms with E-state index in [2.05, 4.69) is 60.2 Å². The highest BCUT2D eigenvalue weighted by Crippen LogP contribution is 2.32. The summed E-state index contributed by atoms with van der Waals surface area (Å²) in [5.74, 6) is 1.71. The second-order valence-corrected chi connectivity index (χ2v) is 6.94. The van der Waals surface area contributed by atoms with Gasteiger partial charge in [-0.25, -0.2) is 0 Å². The molecular formula is C16H24BrN. The van der Waals surface area contributed by atoms with E-state index in [-0.39, 0.29) is 0 Å². The molecule has 1 N–H and O–H groups in total. The van der Waals surface area contributed by atoms with Crippen molar-refractivity contribution in [3.8, 4) is 0 Å². The fourth-order valence-electron chi connectivity index (χ4n) is 3.02. The van der Waals surface area contributed by atoms with Crippen molar-refractivity contribution in [2.75, 3.05) is 5.32 Å². The Morgan fingerprint density at radius 3 is 2.67 bits per heavy atom. The van der Waals surface area contributed by atoms with E-state index in [1.807, 2.05) is 0 Å². The third kappa shape index (κ3) is 3.74. The van der Waals surface area contributed by atoms with Crippen LogP contribution >= 0.6 is 15.9 Å². The van der Waals surface area contributed by atoms with Crippen LogP contribution in [0.25, 0.3) is 0 Å². The van der Waals surface area contributed by atoms with Gasteiger partial charge in [0.05, 0.1) is 0 Å². The number of halogens is 1. The van der Waals surface area contributed by atoms with Crippen LogP contribution in [-0.2, 0) is 0 Å². The summed E-state index contributed by atoms with van der Waals surface area (Å²) in [4.78, 5) is 0. The predicted molar refractivity (Wildman–Crippen MR) is 83.1 cm³/mol. The minimum Gasteiger partial charge on any atom is -0.382 e. The van der Waals surface area contributed by atoms with Gasteiger partial charge < -0.3 is 5.32 Å². The highest BCUT2D eigenvalue weighted by molar-refractivity contribution is 9.10. The summed E-state index contributed by atoms with van der Waals surface area (Å²) in [5.41, 5.74) is 2.57. The summed E-state index contributed by atoms with van der Waals surface area (Å²) >= 11 is 3.57. The number of aryl methyl sites for hydroxylation is 1. The van der Waals surface area contributed by atoms with Crippen molar-refractivity contribution in [3.05, 3.63) is 28.2 Å². The Hall–Kier alpha value is -0.500. The minimum atomic E-state index is 0.653. The lowest BCUT2D eigenvalue weighted by Crippen LogP contribution is -2.29. The number of anilines is 1. The monoisotopic (exact) mass is 309 g/mol. The third-order valence-electron chi connectivity index (χ3n) is 4.07. The van der Waals surface area contributed by atoms with Gasteiger partial charge in [0, 0.05) is 16.2 Å². The largest absolute Gasteiger partial charge is 0.382 e. The van der Waals surface area contributed by atoms with E-state index in [1.165, 1.54) is 41.4 Å².